The van der Waals surface area contributed by atoms with Crippen molar-refractivity contribution in [2.75, 3.05) is 33.4 Å². The summed E-state index contributed by atoms with van der Waals surface area (Å²) in [6, 6.07) is 11.2. The molecule has 1 fully saturated rings. The third kappa shape index (κ3) is 3.77. The molecule has 2 heterocycles. The van der Waals surface area contributed by atoms with Gasteiger partial charge in [-0.1, -0.05) is 30.2 Å². The molecule has 0 amide bonds. The molecule has 1 N–H and O–H groups in total. The average Bonchev–Trinajstić information content (AvgIpc) is 3.06. The molecule has 2 aromatic carbocycles. The van der Waals surface area contributed by atoms with Gasteiger partial charge in [-0.05, 0) is 44.1 Å². The molecule has 148 valence electrons. The van der Waals surface area contributed by atoms with Crippen LogP contribution in [0.4, 0.5) is 0 Å². The number of halogens is 1. The first-order valence-corrected chi connectivity index (χ1v) is 10.1. The Morgan fingerprint density at radius 1 is 1.07 bits per heavy atom. The summed E-state index contributed by atoms with van der Waals surface area (Å²) >= 11 is 6.26. The van der Waals surface area contributed by atoms with E-state index in [1.807, 2.05) is 36.5 Å². The molecule has 4 rings (SSSR count). The molecule has 6 heteroatoms. The summed E-state index contributed by atoms with van der Waals surface area (Å²) in [6.45, 7) is 3.79. The number of fused-ring (bicyclic) bond motifs is 1. The van der Waals surface area contributed by atoms with Crippen molar-refractivity contribution in [3.8, 4) is 23.1 Å². The third-order valence-corrected chi connectivity index (χ3v) is 5.62. The number of hydrogen-bond acceptors (Lipinski definition) is 4. The van der Waals surface area contributed by atoms with Crippen molar-refractivity contribution in [2.24, 2.45) is 0 Å². The normalized spacial score (nSPS) is 15.1. The summed E-state index contributed by atoms with van der Waals surface area (Å²) < 4.78 is 13.2. The van der Waals surface area contributed by atoms with Crippen LogP contribution in [0.25, 0.3) is 16.5 Å². The number of rotatable bonds is 6. The molecule has 0 saturated carbocycles. The molecule has 1 aliphatic heterocycles. The smallest absolute Gasteiger partial charge is 0.205 e. The Morgan fingerprint density at radius 3 is 2.64 bits per heavy atom. The first-order valence-electron chi connectivity index (χ1n) is 9.69. The Hall–Kier alpha value is -2.37. The lowest BCUT2D eigenvalue weighted by atomic mass is 10.1. The molecule has 28 heavy (non-hydrogen) atoms. The Labute approximate surface area is 170 Å². The topological polar surface area (TPSA) is 46.9 Å². The lowest BCUT2D eigenvalue weighted by molar-refractivity contribution is 0.180. The molecule has 3 aromatic rings. The Kier molecular flexibility index (Phi) is 5.64. The highest BCUT2D eigenvalue weighted by Crippen LogP contribution is 2.37. The Balaban J connectivity index is 1.58. The van der Waals surface area contributed by atoms with Gasteiger partial charge in [0.05, 0.1) is 23.2 Å². The van der Waals surface area contributed by atoms with E-state index in [0.717, 1.165) is 30.7 Å². The van der Waals surface area contributed by atoms with Crippen LogP contribution in [-0.4, -0.2) is 47.9 Å². The van der Waals surface area contributed by atoms with E-state index < -0.39 is 0 Å². The van der Waals surface area contributed by atoms with Crippen LogP contribution >= 0.6 is 11.6 Å². The minimum absolute atomic E-state index is 0.116. The highest BCUT2D eigenvalue weighted by molar-refractivity contribution is 6.36. The van der Waals surface area contributed by atoms with E-state index >= 15 is 0 Å². The van der Waals surface area contributed by atoms with Gasteiger partial charge in [-0.3, -0.25) is 9.47 Å². The lowest BCUT2D eigenvalue weighted by Gasteiger charge is -2.26. The molecule has 1 aromatic heterocycles. The molecule has 1 saturated heterocycles. The van der Waals surface area contributed by atoms with E-state index in [1.165, 1.54) is 19.3 Å². The SMILES string of the molecule is COc1ccc(-n2cc3cccc(Cl)c3c2O)cc1OCCN1CCCCC1. The van der Waals surface area contributed by atoms with Crippen molar-refractivity contribution >= 4 is 22.4 Å². The summed E-state index contributed by atoms with van der Waals surface area (Å²) in [6.07, 6.45) is 5.73. The van der Waals surface area contributed by atoms with Gasteiger partial charge in [0.25, 0.3) is 0 Å². The van der Waals surface area contributed by atoms with E-state index in [9.17, 15) is 5.11 Å². The zero-order valence-corrected chi connectivity index (χ0v) is 16.8. The fraction of sp³-hybridized carbons (Fsp3) is 0.364. The van der Waals surface area contributed by atoms with Crippen LogP contribution in [0.3, 0.4) is 0 Å². The molecule has 0 radical (unpaired) electrons. The number of aromatic hydroxyl groups is 1. The van der Waals surface area contributed by atoms with Crippen LogP contribution in [0.15, 0.2) is 42.6 Å². The number of ether oxygens (including phenoxy) is 2. The number of piperidine rings is 1. The highest BCUT2D eigenvalue weighted by atomic mass is 35.5. The number of likely N-dealkylation sites (tertiary alicyclic amines) is 1. The quantitative estimate of drug-likeness (QED) is 0.641. The van der Waals surface area contributed by atoms with E-state index in [0.29, 0.717) is 28.5 Å². The number of aromatic nitrogens is 1. The molecular weight excluding hydrogens is 376 g/mol. The summed E-state index contributed by atoms with van der Waals surface area (Å²) in [5.74, 6) is 1.46. The van der Waals surface area contributed by atoms with Crippen LogP contribution in [0, 0.1) is 0 Å². The van der Waals surface area contributed by atoms with Crippen LogP contribution in [0.5, 0.6) is 17.4 Å². The number of benzene rings is 2. The van der Waals surface area contributed by atoms with Gasteiger partial charge >= 0.3 is 0 Å². The van der Waals surface area contributed by atoms with Crippen molar-refractivity contribution in [1.82, 2.24) is 9.47 Å². The van der Waals surface area contributed by atoms with Gasteiger partial charge in [0, 0.05) is 24.2 Å². The Morgan fingerprint density at radius 2 is 1.89 bits per heavy atom. The fourth-order valence-electron chi connectivity index (χ4n) is 3.80. The lowest BCUT2D eigenvalue weighted by Crippen LogP contribution is -2.33. The van der Waals surface area contributed by atoms with E-state index in [2.05, 4.69) is 4.90 Å². The predicted octanol–water partition coefficient (Wildman–Crippen LogP) is 4.86. The maximum Gasteiger partial charge on any atom is 0.205 e. The zero-order valence-electron chi connectivity index (χ0n) is 16.0. The van der Waals surface area contributed by atoms with Crippen molar-refractivity contribution < 1.29 is 14.6 Å². The molecule has 0 bridgehead atoms. The van der Waals surface area contributed by atoms with Gasteiger partial charge in [0.1, 0.15) is 6.61 Å². The number of hydrogen-bond donors (Lipinski definition) is 1. The Bertz CT molecular complexity index is 964. The van der Waals surface area contributed by atoms with Gasteiger partial charge < -0.3 is 14.6 Å². The molecule has 0 spiro atoms. The molecule has 5 nitrogen and oxygen atoms in total. The largest absolute Gasteiger partial charge is 0.494 e. The summed E-state index contributed by atoms with van der Waals surface area (Å²) in [7, 11) is 1.63. The van der Waals surface area contributed by atoms with Gasteiger partial charge in [0.2, 0.25) is 5.88 Å². The van der Waals surface area contributed by atoms with Crippen LogP contribution in [0.2, 0.25) is 5.02 Å². The minimum Gasteiger partial charge on any atom is -0.494 e. The number of nitrogens with zero attached hydrogens (tertiary/aromatic N) is 2. The molecule has 0 aliphatic carbocycles. The molecule has 1 aliphatic rings. The van der Waals surface area contributed by atoms with Crippen molar-refractivity contribution in [3.63, 3.8) is 0 Å². The van der Waals surface area contributed by atoms with E-state index in [1.54, 1.807) is 17.7 Å². The van der Waals surface area contributed by atoms with Gasteiger partial charge in [-0.25, -0.2) is 0 Å². The average molecular weight is 401 g/mol. The molecular formula is C22H25ClN2O3. The monoisotopic (exact) mass is 400 g/mol. The van der Waals surface area contributed by atoms with Crippen LogP contribution < -0.4 is 9.47 Å². The summed E-state index contributed by atoms with van der Waals surface area (Å²) in [4.78, 5) is 2.44. The van der Waals surface area contributed by atoms with Gasteiger partial charge in [-0.2, -0.15) is 0 Å². The summed E-state index contributed by atoms with van der Waals surface area (Å²) in [5.41, 5.74) is 0.790. The third-order valence-electron chi connectivity index (χ3n) is 5.30. The maximum absolute atomic E-state index is 10.7. The van der Waals surface area contributed by atoms with Crippen LogP contribution in [0.1, 0.15) is 19.3 Å². The second-order valence-corrected chi connectivity index (χ2v) is 7.52. The maximum atomic E-state index is 10.7. The van der Waals surface area contributed by atoms with Crippen molar-refractivity contribution in [2.45, 2.75) is 19.3 Å². The molecule has 0 atom stereocenters. The zero-order chi connectivity index (χ0) is 19.5. The van der Waals surface area contributed by atoms with Crippen molar-refractivity contribution in [1.29, 1.82) is 0 Å². The van der Waals surface area contributed by atoms with Crippen LogP contribution in [-0.2, 0) is 0 Å². The van der Waals surface area contributed by atoms with E-state index in [-0.39, 0.29) is 5.88 Å². The summed E-state index contributed by atoms with van der Waals surface area (Å²) in [5, 5.41) is 12.7. The number of methoxy groups -OCH3 is 1. The fourth-order valence-corrected chi connectivity index (χ4v) is 4.06. The van der Waals surface area contributed by atoms with Crippen molar-refractivity contribution in [3.05, 3.63) is 47.6 Å². The van der Waals surface area contributed by atoms with Gasteiger partial charge in [-0.15, -0.1) is 0 Å². The highest BCUT2D eigenvalue weighted by Gasteiger charge is 2.15. The van der Waals surface area contributed by atoms with Gasteiger partial charge in [0.15, 0.2) is 11.5 Å². The first kappa shape index (κ1) is 19.0. The minimum atomic E-state index is 0.116. The second-order valence-electron chi connectivity index (χ2n) is 7.11. The molecule has 0 unspecified atom stereocenters. The predicted molar refractivity (Wildman–Crippen MR) is 112 cm³/mol. The standard InChI is InChI=1S/C22H25ClN2O3/c1-27-19-9-8-17(14-20(19)28-13-12-24-10-3-2-4-11-24)25-15-16-6-5-7-18(23)21(16)22(25)26/h5-9,14-15,26H,2-4,10-13H2,1H3. The second kappa shape index (κ2) is 8.33. The van der Waals surface area contributed by atoms with E-state index in [4.69, 9.17) is 21.1 Å². The first-order chi connectivity index (χ1) is 13.7.